The van der Waals surface area contributed by atoms with Crippen molar-refractivity contribution < 1.29 is 15.2 Å². The van der Waals surface area contributed by atoms with Gasteiger partial charge in [0.1, 0.15) is 0 Å². The van der Waals surface area contributed by atoms with Gasteiger partial charge in [0.25, 0.3) is 0 Å². The molecule has 29 heavy (non-hydrogen) atoms. The molecule has 1 aliphatic carbocycles. The van der Waals surface area contributed by atoms with Crippen LogP contribution < -0.4 is 3.80 Å². The van der Waals surface area contributed by atoms with Gasteiger partial charge in [0, 0.05) is 0 Å². The molecular formula is C22H45Cl2NOSi2Ti. The standard InChI is InChI=1S/C9H7.C4H10N.C3H9OSi.C2H7Si.C2H5.CH3.CH2.2ClH.Ti/c1-2-5-9-7-3-6-8(9)4-1;1-4(2,3)5;1-5(2,3)4;1-3-2;1-2;;;;;/h1-7H;5H,1-3H3;1-3H3;3H,1-2H3;1H2,2H3;1H3;1H2;2*1H;/q;2*-1;;;;;;;+2. The number of hydrogen-bond acceptors (Lipinski definition) is 2. The monoisotopic (exact) mass is 513 g/mol. The Morgan fingerprint density at radius 2 is 1.66 bits per heavy atom. The summed E-state index contributed by atoms with van der Waals surface area (Å²) in [6.07, 6.45) is 4.74. The van der Waals surface area contributed by atoms with Gasteiger partial charge in [0.05, 0.1) is 0 Å². The van der Waals surface area contributed by atoms with Gasteiger partial charge in [0.2, 0.25) is 0 Å². The summed E-state index contributed by atoms with van der Waals surface area (Å²) in [6.45, 7) is 19.7. The van der Waals surface area contributed by atoms with Crippen LogP contribution in [0.25, 0.3) is 6.08 Å². The van der Waals surface area contributed by atoms with Crippen molar-refractivity contribution in [1.29, 1.82) is 0 Å². The third-order valence-electron chi connectivity index (χ3n) is 8.19. The fraction of sp³-hybridized carbons (Fsp3) is 0.591. The normalized spacial score (nSPS) is 20.5. The van der Waals surface area contributed by atoms with E-state index in [1.807, 2.05) is 0 Å². The Morgan fingerprint density at radius 1 is 1.14 bits per heavy atom. The van der Waals surface area contributed by atoms with Crippen LogP contribution in [-0.2, 0) is 15.2 Å². The third kappa shape index (κ3) is 4.26. The maximum absolute atomic E-state index is 7.72. The molecule has 1 aromatic carbocycles. The van der Waals surface area contributed by atoms with Gasteiger partial charge in [-0.1, -0.05) is 0 Å². The van der Waals surface area contributed by atoms with E-state index in [1.54, 1.807) is 0 Å². The zero-order valence-electron chi connectivity index (χ0n) is 20.3. The van der Waals surface area contributed by atoms with Crippen molar-refractivity contribution in [2.24, 2.45) is 0 Å². The second kappa shape index (κ2) is 7.25. The van der Waals surface area contributed by atoms with Crippen LogP contribution in [0, 0.1) is 0 Å². The molecule has 0 aromatic heterocycles. The van der Waals surface area contributed by atoms with E-state index in [1.165, 1.54) is 11.1 Å². The van der Waals surface area contributed by atoms with E-state index in [2.05, 4.69) is 106 Å². The van der Waals surface area contributed by atoms with Crippen LogP contribution in [0.4, 0.5) is 0 Å². The summed E-state index contributed by atoms with van der Waals surface area (Å²) in [5.74, 6) is 0. The Morgan fingerprint density at radius 3 is 2.07 bits per heavy atom. The minimum absolute atomic E-state index is 0. The fourth-order valence-electron chi connectivity index (χ4n) is 6.55. The summed E-state index contributed by atoms with van der Waals surface area (Å²) < 4.78 is 13.2. The number of rotatable bonds is 6. The molecule has 0 heterocycles. The first-order chi connectivity index (χ1) is 11.9. The second-order valence-electron chi connectivity index (χ2n) is 12.8. The Balaban J connectivity index is 0.00000392. The predicted octanol–water partition coefficient (Wildman–Crippen LogP) is 7.33. The van der Waals surface area contributed by atoms with Crippen LogP contribution in [0.2, 0.25) is 42.7 Å². The van der Waals surface area contributed by atoms with Crippen LogP contribution in [0.3, 0.4) is 0 Å². The van der Waals surface area contributed by atoms with Gasteiger partial charge in [-0.3, -0.25) is 0 Å². The van der Waals surface area contributed by atoms with E-state index in [0.717, 1.165) is 4.73 Å². The van der Waals surface area contributed by atoms with Crippen LogP contribution in [0.15, 0.2) is 30.3 Å². The third-order valence-corrected chi connectivity index (χ3v) is 58.7. The topological polar surface area (TPSA) is 21.3 Å². The van der Waals surface area contributed by atoms with Crippen molar-refractivity contribution in [3.8, 4) is 0 Å². The number of nitrogens with one attached hydrogen (secondary N) is 1. The summed E-state index contributed by atoms with van der Waals surface area (Å²) in [5, 5.41) is 2.52. The molecule has 1 unspecified atom stereocenters. The summed E-state index contributed by atoms with van der Waals surface area (Å²) in [4.78, 5) is 5.42. The SMILES string of the molecule is Cl.Cl.[CH2]=[Ti]([CH3])([CH2]C)([NH]C(C)(C)C)([O][Si](C)(C)C)([CH]1C=Cc2ccccc21)[SiH](C)C. The van der Waals surface area contributed by atoms with E-state index in [0.29, 0.717) is 0 Å². The van der Waals surface area contributed by atoms with Crippen molar-refractivity contribution in [3.05, 3.63) is 41.5 Å². The first-order valence-electron chi connectivity index (χ1n) is 10.6. The average Bonchev–Trinajstić information content (AvgIpc) is 2.89. The number of allylic oxidation sites excluding steroid dienone is 1. The predicted molar refractivity (Wildman–Crippen MR) is 142 cm³/mol. The molecule has 1 N–H and O–H groups in total. The number of hydrogen-bond donors (Lipinski definition) is 1. The van der Waals surface area contributed by atoms with Gasteiger partial charge in [-0.25, -0.2) is 0 Å². The van der Waals surface area contributed by atoms with E-state index in [9.17, 15) is 0 Å². The molecule has 0 saturated carbocycles. The molecule has 0 amide bonds. The quantitative estimate of drug-likeness (QED) is 0.402. The van der Waals surface area contributed by atoms with E-state index in [4.69, 9.17) is 7.82 Å². The molecule has 0 saturated heterocycles. The molecule has 1 aromatic rings. The molecule has 170 valence electrons. The maximum atomic E-state index is 7.72. The van der Waals surface area contributed by atoms with Crippen LogP contribution in [-0.4, -0.2) is 25.3 Å². The van der Waals surface area contributed by atoms with Crippen molar-refractivity contribution in [2.45, 2.75) is 80.1 Å². The fourth-order valence-corrected chi connectivity index (χ4v) is 54.0. The van der Waals surface area contributed by atoms with E-state index >= 15 is 0 Å². The van der Waals surface area contributed by atoms with Gasteiger partial charge in [-0.05, 0) is 0 Å². The molecule has 0 bridgehead atoms. The van der Waals surface area contributed by atoms with Crippen LogP contribution >= 0.6 is 24.8 Å². The first-order valence-corrected chi connectivity index (χ1v) is 25.7. The minimum atomic E-state index is -5.06. The van der Waals surface area contributed by atoms with Crippen molar-refractivity contribution in [3.63, 3.8) is 0 Å². The molecule has 7 heteroatoms. The number of benzene rings is 1. The first kappa shape index (κ1) is 29.5. The molecule has 2 nitrogen and oxygen atoms in total. The summed E-state index contributed by atoms with van der Waals surface area (Å²) in [7, 11) is -1.93. The summed E-state index contributed by atoms with van der Waals surface area (Å²) >= 11 is -5.06. The number of halogens is 2. The van der Waals surface area contributed by atoms with Crippen LogP contribution in [0.1, 0.15) is 43.0 Å². The molecule has 0 spiro atoms. The van der Waals surface area contributed by atoms with E-state index < -0.39 is 27.2 Å². The Kier molecular flexibility index (Phi) is 7.36. The average molecular weight is 515 g/mol. The van der Waals surface area contributed by atoms with Gasteiger partial charge >= 0.3 is 166 Å². The molecular weight excluding hydrogens is 469 g/mol. The van der Waals surface area contributed by atoms with E-state index in [-0.39, 0.29) is 34.6 Å². The Hall–Kier alpha value is 0.478. The molecule has 1 atom stereocenters. The number of fused-ring (bicyclic) bond motifs is 1. The molecule has 0 radical (unpaired) electrons. The summed E-state index contributed by atoms with van der Waals surface area (Å²) in [6, 6.07) is 8.86. The zero-order valence-corrected chi connectivity index (χ0v) is 25.6. The van der Waals surface area contributed by atoms with Gasteiger partial charge in [-0.2, -0.15) is 0 Å². The Bertz CT molecular complexity index is 905. The van der Waals surface area contributed by atoms with Crippen molar-refractivity contribution in [2.75, 3.05) is 0 Å². The van der Waals surface area contributed by atoms with Crippen molar-refractivity contribution in [1.82, 2.24) is 3.80 Å². The zero-order chi connectivity index (χ0) is 21.1. The second-order valence-corrected chi connectivity index (χ2v) is 50.9. The van der Waals surface area contributed by atoms with Crippen LogP contribution in [0.5, 0.6) is 0 Å². The van der Waals surface area contributed by atoms with Crippen molar-refractivity contribution >= 4 is 50.7 Å². The molecule has 2 rings (SSSR count). The van der Waals surface area contributed by atoms with Gasteiger partial charge in [-0.15, -0.1) is 24.8 Å². The molecule has 0 aliphatic heterocycles. The molecule has 1 aliphatic rings. The van der Waals surface area contributed by atoms with Gasteiger partial charge < -0.3 is 0 Å². The molecule has 0 fully saturated rings. The Labute approximate surface area is 190 Å². The summed E-state index contributed by atoms with van der Waals surface area (Å²) in [5.41, 5.74) is 2.66. The van der Waals surface area contributed by atoms with Gasteiger partial charge in [0.15, 0.2) is 0 Å².